The van der Waals surface area contributed by atoms with Crippen LogP contribution in [0.25, 0.3) is 0 Å². The number of aryl methyl sites for hydroxylation is 1. The molecule has 0 aromatic heterocycles. The van der Waals surface area contributed by atoms with E-state index < -0.39 is 0 Å². The predicted molar refractivity (Wildman–Crippen MR) is 80.3 cm³/mol. The zero-order valence-electron chi connectivity index (χ0n) is 10.8. The molecular weight excluding hydrogens is 260 g/mol. The average Bonchev–Trinajstić information content (AvgIpc) is 2.42. The molecular formula is C15H17ClN2O. The fourth-order valence-electron chi connectivity index (χ4n) is 1.85. The van der Waals surface area contributed by atoms with E-state index in [1.165, 1.54) is 0 Å². The van der Waals surface area contributed by atoms with E-state index in [2.05, 4.69) is 5.32 Å². The molecule has 0 saturated carbocycles. The summed E-state index contributed by atoms with van der Waals surface area (Å²) in [6.07, 6.45) is 0. The topological polar surface area (TPSA) is 58.3 Å². The van der Waals surface area contributed by atoms with E-state index in [-0.39, 0.29) is 6.61 Å². The molecule has 2 aromatic rings. The summed E-state index contributed by atoms with van der Waals surface area (Å²) in [7, 11) is 0. The van der Waals surface area contributed by atoms with Gasteiger partial charge in [0.15, 0.2) is 0 Å². The summed E-state index contributed by atoms with van der Waals surface area (Å²) < 4.78 is 0. The molecule has 0 aliphatic heterocycles. The van der Waals surface area contributed by atoms with Crippen LogP contribution in [0, 0.1) is 6.92 Å². The van der Waals surface area contributed by atoms with E-state index in [1.54, 1.807) is 0 Å². The largest absolute Gasteiger partial charge is 0.398 e. The summed E-state index contributed by atoms with van der Waals surface area (Å²) in [5.41, 5.74) is 10.4. The first kappa shape index (κ1) is 13.7. The summed E-state index contributed by atoms with van der Waals surface area (Å²) in [6.45, 7) is 2.76. The van der Waals surface area contributed by atoms with Crippen molar-refractivity contribution in [2.75, 3.05) is 11.1 Å². The molecule has 0 radical (unpaired) electrons. The summed E-state index contributed by atoms with van der Waals surface area (Å²) in [6, 6.07) is 11.5. The normalized spacial score (nSPS) is 10.5. The molecule has 2 aromatic carbocycles. The molecule has 3 nitrogen and oxygen atoms in total. The fourth-order valence-corrected chi connectivity index (χ4v) is 2.02. The highest BCUT2D eigenvalue weighted by Gasteiger charge is 2.03. The third-order valence-electron chi connectivity index (χ3n) is 3.03. The molecule has 0 amide bonds. The first-order valence-corrected chi connectivity index (χ1v) is 6.46. The molecule has 0 bridgehead atoms. The number of halogens is 1. The van der Waals surface area contributed by atoms with Gasteiger partial charge < -0.3 is 16.2 Å². The first-order valence-electron chi connectivity index (χ1n) is 6.08. The lowest BCUT2D eigenvalue weighted by Gasteiger charge is -2.11. The van der Waals surface area contributed by atoms with Gasteiger partial charge in [-0.05, 0) is 35.7 Å². The zero-order chi connectivity index (χ0) is 13.8. The molecule has 0 spiro atoms. The predicted octanol–water partition coefficient (Wildman–Crippen LogP) is 3.34. The van der Waals surface area contributed by atoms with Crippen LogP contribution in [0.4, 0.5) is 11.4 Å². The second-order valence-electron chi connectivity index (χ2n) is 4.52. The quantitative estimate of drug-likeness (QED) is 0.751. The van der Waals surface area contributed by atoms with E-state index in [1.807, 2.05) is 43.3 Å². The number of nitrogens with one attached hydrogen (secondary N) is 1. The number of anilines is 2. The van der Waals surface area contributed by atoms with Crippen LogP contribution in [0.3, 0.4) is 0 Å². The van der Waals surface area contributed by atoms with Gasteiger partial charge in [0, 0.05) is 12.2 Å². The van der Waals surface area contributed by atoms with Crippen LogP contribution in [0.2, 0.25) is 5.02 Å². The Labute approximate surface area is 118 Å². The number of aliphatic hydroxyl groups is 1. The van der Waals surface area contributed by atoms with Gasteiger partial charge in [-0.1, -0.05) is 35.9 Å². The highest BCUT2D eigenvalue weighted by atomic mass is 35.5. The zero-order valence-corrected chi connectivity index (χ0v) is 11.5. The minimum Gasteiger partial charge on any atom is -0.398 e. The highest BCUT2D eigenvalue weighted by Crippen LogP contribution is 2.27. The van der Waals surface area contributed by atoms with Crippen molar-refractivity contribution in [3.8, 4) is 0 Å². The number of nitrogen functional groups attached to an aromatic ring is 1. The summed E-state index contributed by atoms with van der Waals surface area (Å²) in [5, 5.41) is 12.9. The lowest BCUT2D eigenvalue weighted by Crippen LogP contribution is -2.02. The van der Waals surface area contributed by atoms with Crippen LogP contribution in [0.15, 0.2) is 36.4 Å². The van der Waals surface area contributed by atoms with Crippen molar-refractivity contribution in [1.29, 1.82) is 0 Å². The average molecular weight is 277 g/mol. The van der Waals surface area contributed by atoms with Crippen LogP contribution in [0.5, 0.6) is 0 Å². The first-order chi connectivity index (χ1) is 9.10. The maximum atomic E-state index is 8.99. The third-order valence-corrected chi connectivity index (χ3v) is 3.36. The van der Waals surface area contributed by atoms with E-state index in [9.17, 15) is 0 Å². The number of benzene rings is 2. The molecule has 0 saturated heterocycles. The molecule has 19 heavy (non-hydrogen) atoms. The van der Waals surface area contributed by atoms with Crippen LogP contribution in [-0.2, 0) is 13.2 Å². The molecule has 0 aliphatic carbocycles. The van der Waals surface area contributed by atoms with Crippen molar-refractivity contribution < 1.29 is 5.11 Å². The van der Waals surface area contributed by atoms with E-state index >= 15 is 0 Å². The summed E-state index contributed by atoms with van der Waals surface area (Å²) in [4.78, 5) is 0. The van der Waals surface area contributed by atoms with Gasteiger partial charge in [-0.25, -0.2) is 0 Å². The summed E-state index contributed by atoms with van der Waals surface area (Å²) >= 11 is 6.01. The molecule has 4 N–H and O–H groups in total. The van der Waals surface area contributed by atoms with Crippen LogP contribution in [-0.4, -0.2) is 5.11 Å². The van der Waals surface area contributed by atoms with Gasteiger partial charge in [0.1, 0.15) is 0 Å². The number of hydrogen-bond acceptors (Lipinski definition) is 3. The lowest BCUT2D eigenvalue weighted by molar-refractivity contribution is 0.282. The van der Waals surface area contributed by atoms with Gasteiger partial charge in [0.2, 0.25) is 0 Å². The van der Waals surface area contributed by atoms with Crippen molar-refractivity contribution in [1.82, 2.24) is 0 Å². The monoisotopic (exact) mass is 276 g/mol. The van der Waals surface area contributed by atoms with Crippen molar-refractivity contribution in [3.05, 3.63) is 58.1 Å². The minimum atomic E-state index is 0.0698. The number of hydrogen-bond donors (Lipinski definition) is 3. The Balaban J connectivity index is 2.07. The fraction of sp³-hybridized carbons (Fsp3) is 0.200. The molecule has 0 aliphatic rings. The number of rotatable bonds is 4. The van der Waals surface area contributed by atoms with E-state index in [0.29, 0.717) is 17.3 Å². The van der Waals surface area contributed by atoms with Gasteiger partial charge in [0.05, 0.1) is 17.3 Å². The Bertz CT molecular complexity index is 567. The van der Waals surface area contributed by atoms with Crippen molar-refractivity contribution in [2.24, 2.45) is 0 Å². The Morgan fingerprint density at radius 1 is 1.16 bits per heavy atom. The number of aliphatic hydroxyl groups excluding tert-OH is 1. The van der Waals surface area contributed by atoms with Gasteiger partial charge in [-0.15, -0.1) is 0 Å². The van der Waals surface area contributed by atoms with Gasteiger partial charge >= 0.3 is 0 Å². The van der Waals surface area contributed by atoms with Crippen molar-refractivity contribution >= 4 is 23.0 Å². The maximum absolute atomic E-state index is 8.99. The van der Waals surface area contributed by atoms with Crippen molar-refractivity contribution in [2.45, 2.75) is 20.1 Å². The molecule has 0 unspecified atom stereocenters. The summed E-state index contributed by atoms with van der Waals surface area (Å²) in [5.74, 6) is 0. The second-order valence-corrected chi connectivity index (χ2v) is 4.92. The Morgan fingerprint density at radius 3 is 2.42 bits per heavy atom. The van der Waals surface area contributed by atoms with Crippen LogP contribution in [0.1, 0.15) is 16.7 Å². The number of nitrogens with two attached hydrogens (primary N) is 1. The standard InChI is InChI=1S/C15H17ClN2O/c1-10-6-14(17)13(16)7-15(10)18-8-11-2-4-12(9-19)5-3-11/h2-7,18-19H,8-9,17H2,1H3. The molecule has 4 heteroatoms. The molecule has 100 valence electrons. The molecule has 2 rings (SSSR count). The second kappa shape index (κ2) is 5.95. The minimum absolute atomic E-state index is 0.0698. The maximum Gasteiger partial charge on any atom is 0.0681 e. The van der Waals surface area contributed by atoms with Crippen LogP contribution < -0.4 is 11.1 Å². The Kier molecular flexibility index (Phi) is 4.30. The van der Waals surface area contributed by atoms with Gasteiger partial charge in [0.25, 0.3) is 0 Å². The third kappa shape index (κ3) is 3.40. The molecule has 0 heterocycles. The van der Waals surface area contributed by atoms with E-state index in [4.69, 9.17) is 22.4 Å². The van der Waals surface area contributed by atoms with Crippen molar-refractivity contribution in [3.63, 3.8) is 0 Å². The smallest absolute Gasteiger partial charge is 0.0681 e. The Hall–Kier alpha value is -1.71. The van der Waals surface area contributed by atoms with Gasteiger partial charge in [-0.3, -0.25) is 0 Å². The van der Waals surface area contributed by atoms with Gasteiger partial charge in [-0.2, -0.15) is 0 Å². The lowest BCUT2D eigenvalue weighted by atomic mass is 10.1. The molecule has 0 fully saturated rings. The highest BCUT2D eigenvalue weighted by molar-refractivity contribution is 6.33. The SMILES string of the molecule is Cc1cc(N)c(Cl)cc1NCc1ccc(CO)cc1. The van der Waals surface area contributed by atoms with E-state index in [0.717, 1.165) is 22.4 Å². The van der Waals surface area contributed by atoms with Crippen LogP contribution >= 0.6 is 11.6 Å². The Morgan fingerprint density at radius 2 is 1.79 bits per heavy atom. The molecule has 0 atom stereocenters.